The molecule has 0 aliphatic heterocycles. The highest BCUT2D eigenvalue weighted by Gasteiger charge is 2.03. The van der Waals surface area contributed by atoms with E-state index in [1.54, 1.807) is 11.3 Å². The summed E-state index contributed by atoms with van der Waals surface area (Å²) in [6, 6.07) is 10.1. The molecular weight excluding hydrogens is 272 g/mol. The zero-order chi connectivity index (χ0) is 14.2. The predicted octanol–water partition coefficient (Wildman–Crippen LogP) is 2.81. The van der Waals surface area contributed by atoms with Crippen molar-refractivity contribution in [2.24, 2.45) is 0 Å². The van der Waals surface area contributed by atoms with E-state index in [4.69, 9.17) is 5.11 Å². The van der Waals surface area contributed by atoms with Crippen LogP contribution in [0.25, 0.3) is 11.3 Å². The summed E-state index contributed by atoms with van der Waals surface area (Å²) in [6.07, 6.45) is 1.77. The molecule has 0 saturated heterocycles. The first kappa shape index (κ1) is 14.7. The fourth-order valence-electron chi connectivity index (χ4n) is 1.85. The number of carboxylic acid groups (broad SMARTS) is 1. The Hall–Kier alpha value is -1.72. The summed E-state index contributed by atoms with van der Waals surface area (Å²) in [5.41, 5.74) is 2.17. The quantitative estimate of drug-likeness (QED) is 0.734. The first-order chi connectivity index (χ1) is 9.75. The molecule has 1 aromatic heterocycles. The minimum atomic E-state index is -0.737. The smallest absolute Gasteiger partial charge is 0.303 e. The van der Waals surface area contributed by atoms with Crippen LogP contribution in [0.15, 0.2) is 35.7 Å². The minimum absolute atomic E-state index is 0.225. The zero-order valence-electron chi connectivity index (χ0n) is 11.2. The molecule has 106 valence electrons. The van der Waals surface area contributed by atoms with Gasteiger partial charge in [0.05, 0.1) is 10.7 Å². The molecule has 5 heteroatoms. The van der Waals surface area contributed by atoms with Crippen molar-refractivity contribution in [3.05, 3.63) is 40.7 Å². The summed E-state index contributed by atoms with van der Waals surface area (Å²) in [6.45, 7) is 1.57. The van der Waals surface area contributed by atoms with Crippen molar-refractivity contribution in [2.75, 3.05) is 13.1 Å². The second-order valence-corrected chi connectivity index (χ2v) is 5.43. The van der Waals surface area contributed by atoms with Gasteiger partial charge in [-0.1, -0.05) is 30.3 Å². The molecule has 20 heavy (non-hydrogen) atoms. The fourth-order valence-corrected chi connectivity index (χ4v) is 2.66. The number of thiazole rings is 1. The van der Waals surface area contributed by atoms with Gasteiger partial charge in [0.15, 0.2) is 0 Å². The number of carboxylic acids is 1. The van der Waals surface area contributed by atoms with Gasteiger partial charge >= 0.3 is 5.97 Å². The van der Waals surface area contributed by atoms with Gasteiger partial charge in [0.2, 0.25) is 0 Å². The van der Waals surface area contributed by atoms with E-state index in [2.05, 4.69) is 27.8 Å². The molecule has 0 unspecified atom stereocenters. The first-order valence-corrected chi connectivity index (χ1v) is 7.56. The summed E-state index contributed by atoms with van der Waals surface area (Å²) in [4.78, 5) is 15.0. The van der Waals surface area contributed by atoms with Crippen LogP contribution in [-0.4, -0.2) is 29.1 Å². The molecule has 0 bridgehead atoms. The number of hydrogen-bond acceptors (Lipinski definition) is 4. The van der Waals surface area contributed by atoms with Gasteiger partial charge in [-0.05, 0) is 13.0 Å². The van der Waals surface area contributed by atoms with Crippen molar-refractivity contribution in [3.8, 4) is 11.3 Å². The summed E-state index contributed by atoms with van der Waals surface area (Å²) in [5.74, 6) is -0.737. The highest BCUT2D eigenvalue weighted by Crippen LogP contribution is 2.21. The van der Waals surface area contributed by atoms with Crippen LogP contribution in [0.2, 0.25) is 0 Å². The number of aromatic nitrogens is 1. The second kappa shape index (κ2) is 7.77. The van der Waals surface area contributed by atoms with Crippen molar-refractivity contribution in [3.63, 3.8) is 0 Å². The lowest BCUT2D eigenvalue weighted by Gasteiger charge is -2.01. The van der Waals surface area contributed by atoms with Crippen LogP contribution in [-0.2, 0) is 11.2 Å². The maximum atomic E-state index is 10.4. The lowest BCUT2D eigenvalue weighted by molar-refractivity contribution is -0.137. The van der Waals surface area contributed by atoms with Crippen LogP contribution in [0, 0.1) is 0 Å². The van der Waals surface area contributed by atoms with Gasteiger partial charge in [-0.25, -0.2) is 4.98 Å². The van der Waals surface area contributed by atoms with Crippen LogP contribution in [0.4, 0.5) is 0 Å². The van der Waals surface area contributed by atoms with Crippen molar-refractivity contribution in [2.45, 2.75) is 19.3 Å². The van der Waals surface area contributed by atoms with Gasteiger partial charge in [-0.3, -0.25) is 4.79 Å². The van der Waals surface area contributed by atoms with Gasteiger partial charge in [0, 0.05) is 30.3 Å². The fraction of sp³-hybridized carbons (Fsp3) is 0.333. The third-order valence-corrected chi connectivity index (χ3v) is 3.79. The number of aliphatic carboxylic acids is 1. The Balaban J connectivity index is 1.72. The Morgan fingerprint density at radius 1 is 1.25 bits per heavy atom. The SMILES string of the molecule is O=C(O)CCCNCCc1nc(-c2ccccc2)cs1. The Labute approximate surface area is 122 Å². The third-order valence-electron chi connectivity index (χ3n) is 2.88. The zero-order valence-corrected chi connectivity index (χ0v) is 12.0. The Morgan fingerprint density at radius 2 is 2.05 bits per heavy atom. The second-order valence-electron chi connectivity index (χ2n) is 4.49. The molecule has 0 aliphatic rings. The predicted molar refractivity (Wildman–Crippen MR) is 81.0 cm³/mol. The van der Waals surface area contributed by atoms with Crippen LogP contribution in [0.1, 0.15) is 17.8 Å². The standard InChI is InChI=1S/C15H18N2O2S/c18-15(19)7-4-9-16-10-8-14-17-13(11-20-14)12-5-2-1-3-6-12/h1-3,5-6,11,16H,4,7-10H2,(H,18,19). The van der Waals surface area contributed by atoms with Crippen molar-refractivity contribution < 1.29 is 9.90 Å². The van der Waals surface area contributed by atoms with Gasteiger partial charge < -0.3 is 10.4 Å². The molecule has 0 fully saturated rings. The van der Waals surface area contributed by atoms with E-state index in [0.717, 1.165) is 35.8 Å². The van der Waals surface area contributed by atoms with Crippen molar-refractivity contribution >= 4 is 17.3 Å². The Bertz CT molecular complexity index is 540. The molecule has 1 aromatic carbocycles. The largest absolute Gasteiger partial charge is 0.481 e. The topological polar surface area (TPSA) is 62.2 Å². The van der Waals surface area contributed by atoms with E-state index in [1.807, 2.05) is 18.2 Å². The van der Waals surface area contributed by atoms with Crippen molar-refractivity contribution in [1.82, 2.24) is 10.3 Å². The third kappa shape index (κ3) is 4.75. The number of nitrogens with zero attached hydrogens (tertiary/aromatic N) is 1. The van der Waals surface area contributed by atoms with Gasteiger partial charge in [-0.2, -0.15) is 0 Å². The monoisotopic (exact) mass is 290 g/mol. The molecule has 0 aliphatic carbocycles. The van der Waals surface area contributed by atoms with E-state index < -0.39 is 5.97 Å². The van der Waals surface area contributed by atoms with E-state index in [9.17, 15) is 4.79 Å². The lowest BCUT2D eigenvalue weighted by atomic mass is 10.2. The molecular formula is C15H18N2O2S. The summed E-state index contributed by atoms with van der Waals surface area (Å²) in [7, 11) is 0. The highest BCUT2D eigenvalue weighted by molar-refractivity contribution is 7.09. The molecule has 0 amide bonds. The van der Waals surface area contributed by atoms with E-state index in [0.29, 0.717) is 6.42 Å². The Morgan fingerprint density at radius 3 is 2.80 bits per heavy atom. The lowest BCUT2D eigenvalue weighted by Crippen LogP contribution is -2.19. The summed E-state index contributed by atoms with van der Waals surface area (Å²) in [5, 5.41) is 14.9. The minimum Gasteiger partial charge on any atom is -0.481 e. The molecule has 2 N–H and O–H groups in total. The maximum absolute atomic E-state index is 10.4. The van der Waals surface area contributed by atoms with E-state index >= 15 is 0 Å². The number of benzene rings is 1. The van der Waals surface area contributed by atoms with Gasteiger partial charge in [0.1, 0.15) is 0 Å². The summed E-state index contributed by atoms with van der Waals surface area (Å²) < 4.78 is 0. The van der Waals surface area contributed by atoms with Crippen LogP contribution in [0.3, 0.4) is 0 Å². The average molecular weight is 290 g/mol. The average Bonchev–Trinajstić information content (AvgIpc) is 2.92. The molecule has 0 spiro atoms. The van der Waals surface area contributed by atoms with Crippen LogP contribution >= 0.6 is 11.3 Å². The van der Waals surface area contributed by atoms with Crippen LogP contribution < -0.4 is 5.32 Å². The highest BCUT2D eigenvalue weighted by atomic mass is 32.1. The van der Waals surface area contributed by atoms with E-state index in [1.165, 1.54) is 0 Å². The Kier molecular flexibility index (Phi) is 5.70. The first-order valence-electron chi connectivity index (χ1n) is 6.68. The molecule has 0 atom stereocenters. The van der Waals surface area contributed by atoms with E-state index in [-0.39, 0.29) is 6.42 Å². The number of hydrogen-bond donors (Lipinski definition) is 2. The molecule has 2 aromatic rings. The number of nitrogens with one attached hydrogen (secondary N) is 1. The molecule has 0 saturated carbocycles. The maximum Gasteiger partial charge on any atom is 0.303 e. The molecule has 2 rings (SSSR count). The van der Waals surface area contributed by atoms with Crippen LogP contribution in [0.5, 0.6) is 0 Å². The molecule has 1 heterocycles. The molecule has 0 radical (unpaired) electrons. The summed E-state index contributed by atoms with van der Waals surface area (Å²) >= 11 is 1.67. The number of rotatable bonds is 8. The normalized spacial score (nSPS) is 10.6. The van der Waals surface area contributed by atoms with Gasteiger partial charge in [0.25, 0.3) is 0 Å². The molecule has 4 nitrogen and oxygen atoms in total. The number of carbonyl (C=O) groups is 1. The van der Waals surface area contributed by atoms with Gasteiger partial charge in [-0.15, -0.1) is 11.3 Å². The van der Waals surface area contributed by atoms with Crippen molar-refractivity contribution in [1.29, 1.82) is 0 Å².